The molecular weight excluding hydrogens is 382 g/mol. The quantitative estimate of drug-likeness (QED) is 0.570. The lowest BCUT2D eigenvalue weighted by Gasteiger charge is -2.09. The van der Waals surface area contributed by atoms with Crippen LogP contribution < -0.4 is 5.32 Å². The number of hydrogen-bond donors (Lipinski definition) is 1. The van der Waals surface area contributed by atoms with Crippen LogP contribution >= 0.6 is 22.9 Å². The van der Waals surface area contributed by atoms with Crippen molar-refractivity contribution in [3.63, 3.8) is 0 Å². The van der Waals surface area contributed by atoms with Gasteiger partial charge in [-0.1, -0.05) is 53.6 Å². The summed E-state index contributed by atoms with van der Waals surface area (Å²) in [5.41, 5.74) is 3.48. The number of amides is 1. The van der Waals surface area contributed by atoms with Gasteiger partial charge >= 0.3 is 5.97 Å². The van der Waals surface area contributed by atoms with E-state index in [1.165, 1.54) is 18.4 Å². The highest BCUT2D eigenvalue weighted by Crippen LogP contribution is 2.40. The van der Waals surface area contributed by atoms with Gasteiger partial charge in [0.2, 0.25) is 0 Å². The van der Waals surface area contributed by atoms with Gasteiger partial charge in [-0.3, -0.25) is 4.79 Å². The lowest BCUT2D eigenvalue weighted by Crippen LogP contribution is -2.14. The molecule has 1 N–H and O–H groups in total. The smallest absolute Gasteiger partial charge is 0.341 e. The normalized spacial score (nSPS) is 10.5. The monoisotopic (exact) mass is 399 g/mol. The van der Waals surface area contributed by atoms with Gasteiger partial charge in [-0.25, -0.2) is 4.79 Å². The first-order valence-electron chi connectivity index (χ1n) is 8.27. The van der Waals surface area contributed by atoms with Crippen molar-refractivity contribution in [1.82, 2.24) is 0 Å². The number of benzene rings is 2. The summed E-state index contributed by atoms with van der Waals surface area (Å²) >= 11 is 7.45. The number of hydrogen-bond acceptors (Lipinski definition) is 4. The van der Waals surface area contributed by atoms with E-state index in [9.17, 15) is 9.59 Å². The number of rotatable bonds is 4. The van der Waals surface area contributed by atoms with E-state index in [2.05, 4.69) is 5.32 Å². The van der Waals surface area contributed by atoms with E-state index in [0.29, 0.717) is 21.2 Å². The lowest BCUT2D eigenvalue weighted by molar-refractivity contribution is 0.0603. The molecule has 6 heteroatoms. The molecule has 2 aromatic carbocycles. The number of thiophene rings is 1. The molecule has 1 heterocycles. The van der Waals surface area contributed by atoms with Crippen molar-refractivity contribution in [1.29, 1.82) is 0 Å². The van der Waals surface area contributed by atoms with Gasteiger partial charge in [0, 0.05) is 10.4 Å². The summed E-state index contributed by atoms with van der Waals surface area (Å²) in [7, 11) is 1.33. The summed E-state index contributed by atoms with van der Waals surface area (Å²) in [6, 6.07) is 14.6. The van der Waals surface area contributed by atoms with E-state index in [1.807, 2.05) is 38.1 Å². The molecule has 0 radical (unpaired) electrons. The number of carbonyl (C=O) groups is 2. The Bertz CT molecular complexity index is 1010. The SMILES string of the molecule is COC(=O)c1c(NC(=O)c2ccccc2Cl)sc(C)c1-c1ccc(C)cc1. The van der Waals surface area contributed by atoms with Crippen molar-refractivity contribution in [2.45, 2.75) is 13.8 Å². The van der Waals surface area contributed by atoms with Crippen LogP contribution in [0, 0.1) is 13.8 Å². The summed E-state index contributed by atoms with van der Waals surface area (Å²) in [4.78, 5) is 26.1. The summed E-state index contributed by atoms with van der Waals surface area (Å²) in [5.74, 6) is -0.869. The maximum absolute atomic E-state index is 12.7. The van der Waals surface area contributed by atoms with Gasteiger partial charge in [0.15, 0.2) is 0 Å². The Labute approximate surface area is 166 Å². The molecule has 1 amide bonds. The molecule has 1 aromatic heterocycles. The molecule has 27 heavy (non-hydrogen) atoms. The van der Waals surface area contributed by atoms with E-state index < -0.39 is 5.97 Å². The van der Waals surface area contributed by atoms with Gasteiger partial charge in [0.25, 0.3) is 5.91 Å². The number of nitrogens with one attached hydrogen (secondary N) is 1. The van der Waals surface area contributed by atoms with Crippen molar-refractivity contribution in [2.75, 3.05) is 12.4 Å². The third kappa shape index (κ3) is 3.89. The Morgan fingerprint density at radius 3 is 2.33 bits per heavy atom. The highest BCUT2D eigenvalue weighted by Gasteiger charge is 2.25. The van der Waals surface area contributed by atoms with Crippen molar-refractivity contribution in [3.8, 4) is 11.1 Å². The fraction of sp³-hybridized carbons (Fsp3) is 0.143. The predicted octanol–water partition coefficient (Wildman–Crippen LogP) is 5.72. The van der Waals surface area contributed by atoms with E-state index in [4.69, 9.17) is 16.3 Å². The van der Waals surface area contributed by atoms with Crippen LogP contribution in [-0.4, -0.2) is 19.0 Å². The molecule has 0 bridgehead atoms. The second-order valence-corrected chi connectivity index (χ2v) is 7.66. The van der Waals surface area contributed by atoms with Gasteiger partial charge in [0.05, 0.1) is 17.7 Å². The highest BCUT2D eigenvalue weighted by atomic mass is 35.5. The zero-order valence-electron chi connectivity index (χ0n) is 15.1. The molecule has 3 aromatic rings. The van der Waals surface area contributed by atoms with Gasteiger partial charge in [0.1, 0.15) is 10.6 Å². The Balaban J connectivity index is 2.07. The number of carbonyl (C=O) groups excluding carboxylic acids is 2. The Morgan fingerprint density at radius 2 is 1.70 bits per heavy atom. The molecule has 4 nitrogen and oxygen atoms in total. The zero-order chi connectivity index (χ0) is 19.6. The van der Waals surface area contributed by atoms with Crippen molar-refractivity contribution < 1.29 is 14.3 Å². The maximum Gasteiger partial charge on any atom is 0.341 e. The lowest BCUT2D eigenvalue weighted by atomic mass is 10.0. The Hall–Kier alpha value is -2.63. The van der Waals surface area contributed by atoms with Crippen LogP contribution in [0.2, 0.25) is 5.02 Å². The number of esters is 1. The number of anilines is 1. The molecule has 3 rings (SSSR count). The molecule has 138 valence electrons. The average molecular weight is 400 g/mol. The summed E-state index contributed by atoms with van der Waals surface area (Å²) in [5, 5.41) is 3.61. The maximum atomic E-state index is 12.7. The van der Waals surface area contributed by atoms with Gasteiger partial charge in [-0.2, -0.15) is 0 Å². The standard InChI is InChI=1S/C21H18ClNO3S/c1-12-8-10-14(11-9-12)17-13(2)27-20(18(17)21(25)26-3)23-19(24)15-6-4-5-7-16(15)22/h4-11H,1-3H3,(H,23,24). The molecule has 0 saturated carbocycles. The van der Waals surface area contributed by atoms with E-state index in [0.717, 1.165) is 21.6 Å². The minimum atomic E-state index is -0.496. The highest BCUT2D eigenvalue weighted by molar-refractivity contribution is 7.17. The minimum Gasteiger partial charge on any atom is -0.465 e. The number of methoxy groups -OCH3 is 1. The van der Waals surface area contributed by atoms with Crippen LogP contribution in [-0.2, 0) is 4.74 Å². The predicted molar refractivity (Wildman–Crippen MR) is 110 cm³/mol. The topological polar surface area (TPSA) is 55.4 Å². The van der Waals surface area contributed by atoms with Crippen LogP contribution in [0.5, 0.6) is 0 Å². The van der Waals surface area contributed by atoms with Crippen LogP contribution in [0.1, 0.15) is 31.2 Å². The zero-order valence-corrected chi connectivity index (χ0v) is 16.7. The third-order valence-corrected chi connectivity index (χ3v) is 5.51. The van der Waals surface area contributed by atoms with Crippen molar-refractivity contribution in [2.24, 2.45) is 0 Å². The molecule has 0 unspecified atom stereocenters. The van der Waals surface area contributed by atoms with Gasteiger partial charge in [-0.05, 0) is 31.5 Å². The molecule has 0 atom stereocenters. The van der Waals surface area contributed by atoms with Crippen LogP contribution in [0.15, 0.2) is 48.5 Å². The molecule has 0 aliphatic rings. The summed E-state index contributed by atoms with van der Waals surface area (Å²) < 4.78 is 4.98. The summed E-state index contributed by atoms with van der Waals surface area (Å²) in [6.07, 6.45) is 0. The van der Waals surface area contributed by atoms with Crippen molar-refractivity contribution in [3.05, 3.63) is 75.1 Å². The third-order valence-electron chi connectivity index (χ3n) is 4.16. The van der Waals surface area contributed by atoms with Crippen molar-refractivity contribution >= 4 is 39.8 Å². The largest absolute Gasteiger partial charge is 0.465 e. The second-order valence-electron chi connectivity index (χ2n) is 6.03. The van der Waals surface area contributed by atoms with E-state index in [-0.39, 0.29) is 5.91 Å². The molecule has 0 spiro atoms. The first-order chi connectivity index (χ1) is 12.9. The minimum absolute atomic E-state index is 0.345. The fourth-order valence-electron chi connectivity index (χ4n) is 2.81. The van der Waals surface area contributed by atoms with E-state index in [1.54, 1.807) is 24.3 Å². The first kappa shape index (κ1) is 19.1. The van der Waals surface area contributed by atoms with Gasteiger partial charge < -0.3 is 10.1 Å². The van der Waals surface area contributed by atoms with Gasteiger partial charge in [-0.15, -0.1) is 11.3 Å². The Morgan fingerprint density at radius 1 is 1.04 bits per heavy atom. The number of aryl methyl sites for hydroxylation is 2. The molecule has 0 aliphatic carbocycles. The fourth-order valence-corrected chi connectivity index (χ4v) is 4.09. The number of ether oxygens (including phenoxy) is 1. The molecule has 0 aliphatic heterocycles. The average Bonchev–Trinajstić information content (AvgIpc) is 2.97. The van der Waals surface area contributed by atoms with Crippen LogP contribution in [0.3, 0.4) is 0 Å². The first-order valence-corrected chi connectivity index (χ1v) is 9.46. The number of halogens is 1. The van der Waals surface area contributed by atoms with Crippen LogP contribution in [0.4, 0.5) is 5.00 Å². The van der Waals surface area contributed by atoms with E-state index >= 15 is 0 Å². The molecular formula is C21H18ClNO3S. The molecule has 0 fully saturated rings. The van der Waals surface area contributed by atoms with Crippen LogP contribution in [0.25, 0.3) is 11.1 Å². The summed E-state index contributed by atoms with van der Waals surface area (Å²) in [6.45, 7) is 3.91. The molecule has 0 saturated heterocycles. The Kier molecular flexibility index (Phi) is 5.63. The second kappa shape index (κ2) is 7.94.